The fraction of sp³-hybridized carbons (Fsp3) is 0.312. The molecular weight excluding hydrogens is 252 g/mol. The molecule has 0 spiro atoms. The van der Waals surface area contributed by atoms with E-state index in [1.165, 1.54) is 5.56 Å². The molecule has 1 aliphatic rings. The van der Waals surface area contributed by atoms with Crippen LogP contribution in [0.3, 0.4) is 0 Å². The molecule has 0 radical (unpaired) electrons. The third kappa shape index (κ3) is 2.47. The summed E-state index contributed by atoms with van der Waals surface area (Å²) in [7, 11) is 0. The number of carbonyl (C=O) groups is 1. The Morgan fingerprint density at radius 3 is 3.00 bits per heavy atom. The van der Waals surface area contributed by atoms with Crippen LogP contribution >= 0.6 is 0 Å². The van der Waals surface area contributed by atoms with Gasteiger partial charge < -0.3 is 15.1 Å². The summed E-state index contributed by atoms with van der Waals surface area (Å²) in [4.78, 5) is 12.5. The minimum Gasteiger partial charge on any atom is -0.467 e. The van der Waals surface area contributed by atoms with Crippen LogP contribution in [-0.4, -0.2) is 12.5 Å². The van der Waals surface area contributed by atoms with Crippen LogP contribution in [0.15, 0.2) is 47.1 Å². The van der Waals surface area contributed by atoms with Crippen molar-refractivity contribution in [2.75, 3.05) is 6.54 Å². The summed E-state index contributed by atoms with van der Waals surface area (Å²) >= 11 is 0. The first-order valence-electron chi connectivity index (χ1n) is 6.90. The van der Waals surface area contributed by atoms with Crippen molar-refractivity contribution in [3.05, 3.63) is 59.5 Å². The van der Waals surface area contributed by atoms with Crippen molar-refractivity contribution in [1.82, 2.24) is 10.6 Å². The Balaban J connectivity index is 1.75. The predicted octanol–water partition coefficient (Wildman–Crippen LogP) is 2.34. The number of amides is 1. The van der Waals surface area contributed by atoms with Crippen LogP contribution in [-0.2, 0) is 11.2 Å². The van der Waals surface area contributed by atoms with Gasteiger partial charge in [-0.2, -0.15) is 0 Å². The van der Waals surface area contributed by atoms with Crippen LogP contribution in [0, 0.1) is 0 Å². The van der Waals surface area contributed by atoms with Crippen molar-refractivity contribution in [3.8, 4) is 0 Å². The fourth-order valence-electron chi connectivity index (χ4n) is 2.64. The van der Waals surface area contributed by atoms with Gasteiger partial charge in [0.25, 0.3) is 0 Å². The third-order valence-electron chi connectivity index (χ3n) is 3.70. The van der Waals surface area contributed by atoms with Crippen LogP contribution in [0.1, 0.15) is 35.9 Å². The smallest absolute Gasteiger partial charge is 0.242 e. The molecule has 1 aliphatic heterocycles. The highest BCUT2D eigenvalue weighted by Gasteiger charge is 2.27. The van der Waals surface area contributed by atoms with E-state index in [9.17, 15) is 4.79 Å². The molecule has 4 heteroatoms. The lowest BCUT2D eigenvalue weighted by Crippen LogP contribution is -2.42. The number of rotatable bonds is 3. The highest BCUT2D eigenvalue weighted by molar-refractivity contribution is 5.84. The zero-order chi connectivity index (χ0) is 13.9. The van der Waals surface area contributed by atoms with Gasteiger partial charge in [0.1, 0.15) is 11.8 Å². The van der Waals surface area contributed by atoms with Crippen LogP contribution in [0.5, 0.6) is 0 Å². The zero-order valence-corrected chi connectivity index (χ0v) is 11.4. The molecule has 3 rings (SSSR count). The van der Waals surface area contributed by atoms with Crippen molar-refractivity contribution in [2.45, 2.75) is 25.4 Å². The SMILES string of the molecule is C[C@H](NC(=O)C1NCCc2ccccc21)c1ccco1. The Kier molecular flexibility index (Phi) is 3.56. The molecule has 2 atom stereocenters. The molecule has 2 N–H and O–H groups in total. The molecule has 1 aromatic carbocycles. The Morgan fingerprint density at radius 2 is 2.20 bits per heavy atom. The van der Waals surface area contributed by atoms with Gasteiger partial charge in [0.05, 0.1) is 12.3 Å². The zero-order valence-electron chi connectivity index (χ0n) is 11.4. The van der Waals surface area contributed by atoms with Crippen LogP contribution in [0.25, 0.3) is 0 Å². The number of nitrogens with one attached hydrogen (secondary N) is 2. The van der Waals surface area contributed by atoms with Crippen molar-refractivity contribution >= 4 is 5.91 Å². The molecule has 104 valence electrons. The normalized spacial score (nSPS) is 19.1. The Hall–Kier alpha value is -2.07. The van der Waals surface area contributed by atoms with Gasteiger partial charge in [0, 0.05) is 6.54 Å². The summed E-state index contributed by atoms with van der Waals surface area (Å²) in [6, 6.07) is 11.4. The first-order valence-corrected chi connectivity index (χ1v) is 6.90. The molecule has 0 saturated carbocycles. The molecule has 1 amide bonds. The molecular formula is C16H18N2O2. The van der Waals surface area contributed by atoms with Gasteiger partial charge in [-0.1, -0.05) is 24.3 Å². The van der Waals surface area contributed by atoms with Crippen LogP contribution in [0.2, 0.25) is 0 Å². The minimum absolute atomic E-state index is 0.0129. The highest BCUT2D eigenvalue weighted by Crippen LogP contribution is 2.23. The van der Waals surface area contributed by atoms with Gasteiger partial charge in [0.2, 0.25) is 5.91 Å². The Morgan fingerprint density at radius 1 is 1.35 bits per heavy atom. The standard InChI is InChI=1S/C16H18N2O2/c1-11(14-7-4-10-20-14)18-16(19)15-13-6-3-2-5-12(13)8-9-17-15/h2-7,10-11,15,17H,8-9H2,1H3,(H,18,19)/t11-,15?/m0/s1. The quantitative estimate of drug-likeness (QED) is 0.900. The summed E-state index contributed by atoms with van der Waals surface area (Å²) in [5.74, 6) is 0.753. The summed E-state index contributed by atoms with van der Waals surface area (Å²) in [5, 5.41) is 6.28. The summed E-state index contributed by atoms with van der Waals surface area (Å²) in [6.07, 6.45) is 2.58. The summed E-state index contributed by atoms with van der Waals surface area (Å²) in [6.45, 7) is 2.75. The molecule has 2 heterocycles. The van der Waals surface area contributed by atoms with Crippen molar-refractivity contribution in [1.29, 1.82) is 0 Å². The highest BCUT2D eigenvalue weighted by atomic mass is 16.3. The fourth-order valence-corrected chi connectivity index (χ4v) is 2.64. The first kappa shape index (κ1) is 12.9. The van der Waals surface area contributed by atoms with Gasteiger partial charge in [-0.3, -0.25) is 4.79 Å². The monoisotopic (exact) mass is 270 g/mol. The molecule has 20 heavy (non-hydrogen) atoms. The lowest BCUT2D eigenvalue weighted by Gasteiger charge is -2.27. The van der Waals surface area contributed by atoms with E-state index in [4.69, 9.17) is 4.42 Å². The van der Waals surface area contributed by atoms with E-state index in [0.29, 0.717) is 0 Å². The molecule has 4 nitrogen and oxygen atoms in total. The maximum Gasteiger partial charge on any atom is 0.242 e. The maximum absolute atomic E-state index is 12.5. The number of hydrogen-bond donors (Lipinski definition) is 2. The molecule has 1 unspecified atom stereocenters. The van der Waals surface area contributed by atoms with Gasteiger partial charge in [-0.05, 0) is 36.6 Å². The van der Waals surface area contributed by atoms with Gasteiger partial charge in [-0.25, -0.2) is 0 Å². The van der Waals surface area contributed by atoms with Gasteiger partial charge >= 0.3 is 0 Å². The molecule has 2 aromatic rings. The molecule has 0 aliphatic carbocycles. The molecule has 0 fully saturated rings. The predicted molar refractivity (Wildman–Crippen MR) is 76.2 cm³/mol. The average molecular weight is 270 g/mol. The topological polar surface area (TPSA) is 54.3 Å². The van der Waals surface area contributed by atoms with Crippen LogP contribution in [0.4, 0.5) is 0 Å². The molecule has 1 aromatic heterocycles. The summed E-state index contributed by atoms with van der Waals surface area (Å²) < 4.78 is 5.32. The second kappa shape index (κ2) is 5.51. The number of hydrogen-bond acceptors (Lipinski definition) is 3. The minimum atomic E-state index is -0.280. The number of fused-ring (bicyclic) bond motifs is 1. The van der Waals surface area contributed by atoms with Crippen LogP contribution < -0.4 is 10.6 Å². The first-order chi connectivity index (χ1) is 9.75. The van der Waals surface area contributed by atoms with E-state index in [-0.39, 0.29) is 18.0 Å². The number of carbonyl (C=O) groups excluding carboxylic acids is 1. The van der Waals surface area contributed by atoms with E-state index in [0.717, 1.165) is 24.3 Å². The van der Waals surface area contributed by atoms with Crippen molar-refractivity contribution < 1.29 is 9.21 Å². The van der Waals surface area contributed by atoms with E-state index >= 15 is 0 Å². The summed E-state index contributed by atoms with van der Waals surface area (Å²) in [5.41, 5.74) is 2.32. The van der Waals surface area contributed by atoms with Crippen molar-refractivity contribution in [2.24, 2.45) is 0 Å². The number of benzene rings is 1. The van der Waals surface area contributed by atoms with E-state index in [1.807, 2.05) is 37.3 Å². The van der Waals surface area contributed by atoms with E-state index in [1.54, 1.807) is 6.26 Å². The molecule has 0 bridgehead atoms. The molecule has 0 saturated heterocycles. The maximum atomic E-state index is 12.5. The number of furan rings is 1. The Labute approximate surface area is 118 Å². The van der Waals surface area contributed by atoms with Crippen molar-refractivity contribution in [3.63, 3.8) is 0 Å². The lowest BCUT2D eigenvalue weighted by atomic mass is 9.94. The van der Waals surface area contributed by atoms with Gasteiger partial charge in [0.15, 0.2) is 0 Å². The lowest BCUT2D eigenvalue weighted by molar-refractivity contribution is -0.124. The van der Waals surface area contributed by atoms with E-state index in [2.05, 4.69) is 16.7 Å². The van der Waals surface area contributed by atoms with E-state index < -0.39 is 0 Å². The Bertz CT molecular complexity index is 592. The average Bonchev–Trinajstić information content (AvgIpc) is 3.01. The van der Waals surface area contributed by atoms with Gasteiger partial charge in [-0.15, -0.1) is 0 Å². The third-order valence-corrected chi connectivity index (χ3v) is 3.70. The second-order valence-corrected chi connectivity index (χ2v) is 5.08. The largest absolute Gasteiger partial charge is 0.467 e. The second-order valence-electron chi connectivity index (χ2n) is 5.08.